The summed E-state index contributed by atoms with van der Waals surface area (Å²) in [6.45, 7) is 3.44. The smallest absolute Gasteiger partial charge is 0.257 e. The van der Waals surface area contributed by atoms with E-state index in [4.69, 9.17) is 0 Å². The highest BCUT2D eigenvalue weighted by molar-refractivity contribution is 5.99. The lowest BCUT2D eigenvalue weighted by Gasteiger charge is -2.32. The molecular weight excluding hydrogens is 304 g/mol. The zero-order valence-electron chi connectivity index (χ0n) is 13.7. The van der Waals surface area contributed by atoms with E-state index in [1.165, 1.54) is 19.2 Å². The summed E-state index contributed by atoms with van der Waals surface area (Å²) in [6, 6.07) is 3.76. The number of carbonyl (C=O) groups excluding carboxylic acids is 1. The first-order valence-corrected chi connectivity index (χ1v) is 8.67. The molecule has 2 aromatic rings. The van der Waals surface area contributed by atoms with E-state index in [-0.39, 0.29) is 11.8 Å². The molecule has 126 valence electrons. The summed E-state index contributed by atoms with van der Waals surface area (Å²) in [6.07, 6.45) is 7.66. The van der Waals surface area contributed by atoms with Gasteiger partial charge in [-0.25, -0.2) is 9.97 Å². The standard InChI is InChI=1S/C17H22N6O/c24-17(14-6-3-7-18-16(14)22-8-1-2-9-22)23-10-4-5-13(11-23)15-19-12-20-21-15/h3,6-7,12-13H,1-2,4-5,8-11H2,(H,19,20,21). The molecule has 7 heteroatoms. The molecule has 1 atom stereocenters. The summed E-state index contributed by atoms with van der Waals surface area (Å²) in [5, 5.41) is 6.88. The Bertz CT molecular complexity index is 695. The van der Waals surface area contributed by atoms with Crippen LogP contribution in [0.4, 0.5) is 5.82 Å². The summed E-state index contributed by atoms with van der Waals surface area (Å²) in [7, 11) is 0. The number of aromatic nitrogens is 4. The Labute approximate surface area is 141 Å². The maximum absolute atomic E-state index is 13.1. The lowest BCUT2D eigenvalue weighted by molar-refractivity contribution is 0.0705. The number of piperidine rings is 1. The topological polar surface area (TPSA) is 78.0 Å². The van der Waals surface area contributed by atoms with Crippen molar-refractivity contribution in [1.82, 2.24) is 25.1 Å². The number of amides is 1. The van der Waals surface area contributed by atoms with E-state index in [0.717, 1.165) is 49.7 Å². The van der Waals surface area contributed by atoms with Gasteiger partial charge in [-0.15, -0.1) is 0 Å². The van der Waals surface area contributed by atoms with Crippen LogP contribution in [-0.4, -0.2) is 57.2 Å². The minimum Gasteiger partial charge on any atom is -0.356 e. The summed E-state index contributed by atoms with van der Waals surface area (Å²) in [5.74, 6) is 2.02. The third-order valence-corrected chi connectivity index (χ3v) is 4.95. The molecule has 24 heavy (non-hydrogen) atoms. The van der Waals surface area contributed by atoms with Gasteiger partial charge in [-0.1, -0.05) is 0 Å². The molecule has 4 rings (SSSR count). The van der Waals surface area contributed by atoms with Crippen molar-refractivity contribution in [1.29, 1.82) is 0 Å². The van der Waals surface area contributed by atoms with Gasteiger partial charge in [0.2, 0.25) is 0 Å². The van der Waals surface area contributed by atoms with Crippen molar-refractivity contribution in [2.75, 3.05) is 31.1 Å². The number of H-pyrrole nitrogens is 1. The Morgan fingerprint density at radius 3 is 2.83 bits per heavy atom. The van der Waals surface area contributed by atoms with Crippen molar-refractivity contribution in [2.24, 2.45) is 0 Å². The minimum atomic E-state index is 0.0780. The van der Waals surface area contributed by atoms with Gasteiger partial charge in [0, 0.05) is 38.3 Å². The predicted octanol–water partition coefficient (Wildman–Crippen LogP) is 1.82. The Morgan fingerprint density at radius 2 is 2.04 bits per heavy atom. The number of nitrogens with one attached hydrogen (secondary N) is 1. The van der Waals surface area contributed by atoms with Crippen LogP contribution in [0.2, 0.25) is 0 Å². The number of carbonyl (C=O) groups is 1. The maximum Gasteiger partial charge on any atom is 0.257 e. The quantitative estimate of drug-likeness (QED) is 0.931. The molecular formula is C17H22N6O. The number of pyridine rings is 1. The Hall–Kier alpha value is -2.44. The van der Waals surface area contributed by atoms with Crippen LogP contribution in [0.25, 0.3) is 0 Å². The summed E-state index contributed by atoms with van der Waals surface area (Å²) in [4.78, 5) is 26.0. The van der Waals surface area contributed by atoms with Crippen molar-refractivity contribution in [2.45, 2.75) is 31.6 Å². The van der Waals surface area contributed by atoms with Gasteiger partial charge in [-0.05, 0) is 37.8 Å². The molecule has 0 spiro atoms. The van der Waals surface area contributed by atoms with Crippen LogP contribution in [0.3, 0.4) is 0 Å². The number of aromatic amines is 1. The Kier molecular flexibility index (Phi) is 4.15. The molecule has 2 saturated heterocycles. The summed E-state index contributed by atoms with van der Waals surface area (Å²) >= 11 is 0. The van der Waals surface area contributed by atoms with Crippen LogP contribution in [-0.2, 0) is 0 Å². The zero-order chi connectivity index (χ0) is 16.4. The highest BCUT2D eigenvalue weighted by atomic mass is 16.2. The summed E-state index contributed by atoms with van der Waals surface area (Å²) in [5.41, 5.74) is 0.720. The minimum absolute atomic E-state index is 0.0780. The number of rotatable bonds is 3. The number of hydrogen-bond donors (Lipinski definition) is 1. The highest BCUT2D eigenvalue weighted by Crippen LogP contribution is 2.28. The van der Waals surface area contributed by atoms with Crippen molar-refractivity contribution < 1.29 is 4.79 Å². The lowest BCUT2D eigenvalue weighted by atomic mass is 9.97. The molecule has 2 fully saturated rings. The first-order valence-electron chi connectivity index (χ1n) is 8.67. The second-order valence-electron chi connectivity index (χ2n) is 6.53. The fraction of sp³-hybridized carbons (Fsp3) is 0.529. The van der Waals surface area contributed by atoms with E-state index in [0.29, 0.717) is 6.54 Å². The first kappa shape index (κ1) is 15.1. The van der Waals surface area contributed by atoms with Crippen molar-refractivity contribution in [3.63, 3.8) is 0 Å². The van der Waals surface area contributed by atoms with E-state index < -0.39 is 0 Å². The van der Waals surface area contributed by atoms with Crippen LogP contribution in [0.15, 0.2) is 24.7 Å². The van der Waals surface area contributed by atoms with Gasteiger partial charge in [-0.3, -0.25) is 9.89 Å². The van der Waals surface area contributed by atoms with E-state index >= 15 is 0 Å². The van der Waals surface area contributed by atoms with Gasteiger partial charge >= 0.3 is 0 Å². The summed E-state index contributed by atoms with van der Waals surface area (Å²) < 4.78 is 0. The van der Waals surface area contributed by atoms with Gasteiger partial charge < -0.3 is 9.80 Å². The van der Waals surface area contributed by atoms with Crippen LogP contribution < -0.4 is 4.90 Å². The molecule has 2 aliphatic rings. The van der Waals surface area contributed by atoms with Crippen LogP contribution in [0.5, 0.6) is 0 Å². The predicted molar refractivity (Wildman–Crippen MR) is 89.9 cm³/mol. The van der Waals surface area contributed by atoms with E-state index in [9.17, 15) is 4.79 Å². The van der Waals surface area contributed by atoms with Gasteiger partial charge in [0.25, 0.3) is 5.91 Å². The van der Waals surface area contributed by atoms with Crippen LogP contribution in [0, 0.1) is 0 Å². The van der Waals surface area contributed by atoms with Crippen molar-refractivity contribution in [3.8, 4) is 0 Å². The molecule has 0 radical (unpaired) electrons. The highest BCUT2D eigenvalue weighted by Gasteiger charge is 2.29. The third-order valence-electron chi connectivity index (χ3n) is 4.95. The Morgan fingerprint density at radius 1 is 1.17 bits per heavy atom. The molecule has 1 N–H and O–H groups in total. The second-order valence-corrected chi connectivity index (χ2v) is 6.53. The molecule has 0 saturated carbocycles. The maximum atomic E-state index is 13.1. The van der Waals surface area contributed by atoms with E-state index in [1.807, 2.05) is 17.0 Å². The Balaban J connectivity index is 1.55. The van der Waals surface area contributed by atoms with E-state index in [2.05, 4.69) is 25.1 Å². The SMILES string of the molecule is O=C(c1cccnc1N1CCCC1)N1CCCC(c2ncn[nH]2)C1. The molecule has 2 aromatic heterocycles. The normalized spacial score (nSPS) is 21.2. The zero-order valence-corrected chi connectivity index (χ0v) is 13.7. The molecule has 0 bridgehead atoms. The average molecular weight is 326 g/mol. The van der Waals surface area contributed by atoms with E-state index in [1.54, 1.807) is 6.20 Å². The van der Waals surface area contributed by atoms with Gasteiger partial charge in [0.15, 0.2) is 0 Å². The van der Waals surface area contributed by atoms with Gasteiger partial charge in [-0.2, -0.15) is 5.10 Å². The second kappa shape index (κ2) is 6.59. The lowest BCUT2D eigenvalue weighted by Crippen LogP contribution is -2.40. The molecule has 2 aliphatic heterocycles. The van der Waals surface area contributed by atoms with Gasteiger partial charge in [0.1, 0.15) is 18.0 Å². The van der Waals surface area contributed by atoms with Gasteiger partial charge in [0.05, 0.1) is 5.56 Å². The number of hydrogen-bond acceptors (Lipinski definition) is 5. The monoisotopic (exact) mass is 326 g/mol. The molecule has 0 aliphatic carbocycles. The molecule has 4 heterocycles. The van der Waals surface area contributed by atoms with Crippen LogP contribution in [0.1, 0.15) is 47.8 Å². The van der Waals surface area contributed by atoms with Crippen molar-refractivity contribution in [3.05, 3.63) is 36.0 Å². The molecule has 1 unspecified atom stereocenters. The number of nitrogens with zero attached hydrogens (tertiary/aromatic N) is 5. The fourth-order valence-corrected chi connectivity index (χ4v) is 3.71. The molecule has 7 nitrogen and oxygen atoms in total. The molecule has 0 aromatic carbocycles. The number of likely N-dealkylation sites (tertiary alicyclic amines) is 1. The van der Waals surface area contributed by atoms with Crippen molar-refractivity contribution >= 4 is 11.7 Å². The molecule has 1 amide bonds. The van der Waals surface area contributed by atoms with Crippen LogP contribution >= 0.6 is 0 Å². The fourth-order valence-electron chi connectivity index (χ4n) is 3.71. The largest absolute Gasteiger partial charge is 0.356 e. The third kappa shape index (κ3) is 2.86. The number of anilines is 1. The average Bonchev–Trinajstić information content (AvgIpc) is 3.35. The first-order chi connectivity index (χ1) is 11.8.